The van der Waals surface area contributed by atoms with Gasteiger partial charge in [0.1, 0.15) is 30.6 Å². The van der Waals surface area contributed by atoms with Crippen molar-refractivity contribution >= 4 is 15.9 Å². The second kappa shape index (κ2) is 5.04. The summed E-state index contributed by atoms with van der Waals surface area (Å²) in [5, 5.41) is 26.0. The monoisotopic (exact) mass is 367 g/mol. The van der Waals surface area contributed by atoms with E-state index in [4.69, 9.17) is 4.74 Å². The first-order chi connectivity index (χ1) is 10.3. The Bertz CT molecular complexity index is 684. The molecule has 22 heavy (non-hydrogen) atoms. The van der Waals surface area contributed by atoms with E-state index in [-0.39, 0.29) is 0 Å². The Morgan fingerprint density at radius 1 is 1.41 bits per heavy atom. The molecule has 0 saturated carbocycles. The molecule has 3 rings (SSSR count). The summed E-state index contributed by atoms with van der Waals surface area (Å²) >= 11 is 3.39. The molecule has 0 fully saturated rings. The number of ether oxygens (including phenoxy) is 1. The summed E-state index contributed by atoms with van der Waals surface area (Å²) in [5.41, 5.74) is -1.38. The quantitative estimate of drug-likeness (QED) is 0.850. The summed E-state index contributed by atoms with van der Waals surface area (Å²) in [6.07, 6.45) is 0.712. The van der Waals surface area contributed by atoms with E-state index in [9.17, 15) is 10.2 Å². The fourth-order valence-electron chi connectivity index (χ4n) is 2.79. The highest BCUT2D eigenvalue weighted by molar-refractivity contribution is 9.10. The molecular formula is C15H18BrN3O3. The van der Waals surface area contributed by atoms with E-state index in [0.29, 0.717) is 11.3 Å². The van der Waals surface area contributed by atoms with E-state index in [1.807, 2.05) is 26.8 Å². The molecule has 0 saturated heterocycles. The first-order valence-electron chi connectivity index (χ1n) is 6.96. The zero-order valence-corrected chi connectivity index (χ0v) is 14.1. The first-order valence-corrected chi connectivity index (χ1v) is 7.76. The Balaban J connectivity index is 2.18. The molecule has 1 aliphatic rings. The number of halogens is 1. The Kier molecular flexibility index (Phi) is 3.54. The van der Waals surface area contributed by atoms with Gasteiger partial charge in [0.15, 0.2) is 0 Å². The van der Waals surface area contributed by atoms with E-state index in [1.54, 1.807) is 12.1 Å². The van der Waals surface area contributed by atoms with E-state index < -0.39 is 23.3 Å². The van der Waals surface area contributed by atoms with Crippen molar-refractivity contribution in [1.82, 2.24) is 14.8 Å². The summed E-state index contributed by atoms with van der Waals surface area (Å²) < 4.78 is 8.25. The molecule has 3 atom stereocenters. The van der Waals surface area contributed by atoms with E-state index >= 15 is 0 Å². The van der Waals surface area contributed by atoms with Gasteiger partial charge in [0.25, 0.3) is 5.72 Å². The van der Waals surface area contributed by atoms with E-state index in [2.05, 4.69) is 26.0 Å². The molecule has 0 spiro atoms. The number of hydrogen-bond acceptors (Lipinski definition) is 5. The molecule has 2 heterocycles. The van der Waals surface area contributed by atoms with Crippen LogP contribution >= 0.6 is 15.9 Å². The first kappa shape index (κ1) is 15.5. The molecule has 6 nitrogen and oxygen atoms in total. The fraction of sp³-hybridized carbons (Fsp3) is 0.467. The van der Waals surface area contributed by atoms with Gasteiger partial charge in [-0.15, -0.1) is 0 Å². The van der Waals surface area contributed by atoms with Gasteiger partial charge in [-0.05, 0) is 23.6 Å². The number of aliphatic hydroxyl groups excluding tert-OH is 2. The molecule has 0 unspecified atom stereocenters. The molecule has 0 bridgehead atoms. The molecule has 1 aliphatic heterocycles. The van der Waals surface area contributed by atoms with Crippen molar-refractivity contribution in [3.63, 3.8) is 0 Å². The lowest BCUT2D eigenvalue weighted by molar-refractivity contribution is -0.202. The fourth-order valence-corrected chi connectivity index (χ4v) is 3.17. The zero-order chi connectivity index (χ0) is 16.1. The lowest BCUT2D eigenvalue weighted by Crippen LogP contribution is -2.56. The maximum absolute atomic E-state index is 10.9. The standard InChI is InChI=1S/C15H18BrN3O3/c1-14(2,3)13(21)15(19-8-17-7-18-19)12(20)10-6-9(16)4-5-11(10)22-15/h4-8,12-13,20-21H,1-3H3/t12-,13+,15-/m1/s1. The maximum Gasteiger partial charge on any atom is 0.259 e. The second-order valence-corrected chi connectivity index (χ2v) is 7.46. The highest BCUT2D eigenvalue weighted by Crippen LogP contribution is 2.51. The summed E-state index contributed by atoms with van der Waals surface area (Å²) in [5.74, 6) is 0.523. The molecule has 0 radical (unpaired) electrons. The smallest absolute Gasteiger partial charge is 0.259 e. The average molecular weight is 368 g/mol. The van der Waals surface area contributed by atoms with Gasteiger partial charge < -0.3 is 14.9 Å². The Morgan fingerprint density at radius 3 is 2.73 bits per heavy atom. The van der Waals surface area contributed by atoms with Gasteiger partial charge in [-0.2, -0.15) is 5.10 Å². The molecule has 1 aromatic heterocycles. The van der Waals surface area contributed by atoms with Crippen molar-refractivity contribution in [2.75, 3.05) is 0 Å². The Hall–Kier alpha value is -1.44. The van der Waals surface area contributed by atoms with Crippen molar-refractivity contribution in [3.05, 3.63) is 40.9 Å². The topological polar surface area (TPSA) is 80.4 Å². The minimum atomic E-state index is -1.45. The predicted molar refractivity (Wildman–Crippen MR) is 83.2 cm³/mol. The summed E-state index contributed by atoms with van der Waals surface area (Å²) in [7, 11) is 0. The lowest BCUT2D eigenvalue weighted by atomic mass is 9.80. The molecule has 118 valence electrons. The highest BCUT2D eigenvalue weighted by atomic mass is 79.9. The van der Waals surface area contributed by atoms with Gasteiger partial charge >= 0.3 is 0 Å². The molecule has 2 aromatic rings. The molecule has 2 N–H and O–H groups in total. The van der Waals surface area contributed by atoms with Crippen LogP contribution in [0.5, 0.6) is 5.75 Å². The van der Waals surface area contributed by atoms with Crippen LogP contribution in [0.2, 0.25) is 0 Å². The SMILES string of the molecule is CC(C)(C)[C@H](O)[C@]1(n2cncn2)Oc2ccc(Br)cc2[C@H]1O. The number of hydrogen-bond donors (Lipinski definition) is 2. The Morgan fingerprint density at radius 2 is 2.14 bits per heavy atom. The number of rotatable bonds is 2. The van der Waals surface area contributed by atoms with Gasteiger partial charge in [0.05, 0.1) is 0 Å². The van der Waals surface area contributed by atoms with Gasteiger partial charge in [-0.25, -0.2) is 9.67 Å². The number of nitrogens with zero attached hydrogens (tertiary/aromatic N) is 3. The number of fused-ring (bicyclic) bond motifs is 1. The summed E-state index contributed by atoms with van der Waals surface area (Å²) in [6, 6.07) is 5.37. The average Bonchev–Trinajstić information content (AvgIpc) is 3.05. The molecule has 0 aliphatic carbocycles. The van der Waals surface area contributed by atoms with Crippen LogP contribution in [-0.2, 0) is 5.72 Å². The van der Waals surface area contributed by atoms with Crippen molar-refractivity contribution in [2.45, 2.75) is 38.7 Å². The van der Waals surface area contributed by atoms with Gasteiger partial charge in [-0.3, -0.25) is 0 Å². The third-order valence-electron chi connectivity index (χ3n) is 3.92. The minimum absolute atomic E-state index is 0.523. The molecule has 1 aromatic carbocycles. The summed E-state index contributed by atoms with van der Waals surface area (Å²) in [6.45, 7) is 5.64. The minimum Gasteiger partial charge on any atom is -0.460 e. The van der Waals surface area contributed by atoms with Gasteiger partial charge in [0.2, 0.25) is 0 Å². The van der Waals surface area contributed by atoms with E-state index in [0.717, 1.165) is 4.47 Å². The zero-order valence-electron chi connectivity index (χ0n) is 12.6. The summed E-state index contributed by atoms with van der Waals surface area (Å²) in [4.78, 5) is 3.93. The van der Waals surface area contributed by atoms with Crippen molar-refractivity contribution in [2.24, 2.45) is 5.41 Å². The second-order valence-electron chi connectivity index (χ2n) is 6.55. The third kappa shape index (κ3) is 2.15. The molecule has 0 amide bonds. The lowest BCUT2D eigenvalue weighted by Gasteiger charge is -2.41. The van der Waals surface area contributed by atoms with Crippen LogP contribution in [0, 0.1) is 5.41 Å². The normalized spacial score (nSPS) is 25.6. The van der Waals surface area contributed by atoms with Crippen LogP contribution in [0.15, 0.2) is 35.3 Å². The largest absolute Gasteiger partial charge is 0.460 e. The van der Waals surface area contributed by atoms with Crippen LogP contribution < -0.4 is 4.74 Å². The maximum atomic E-state index is 10.9. The van der Waals surface area contributed by atoms with Crippen LogP contribution in [0.3, 0.4) is 0 Å². The van der Waals surface area contributed by atoms with Crippen molar-refractivity contribution < 1.29 is 14.9 Å². The van der Waals surface area contributed by atoms with Gasteiger partial charge in [-0.1, -0.05) is 36.7 Å². The van der Waals surface area contributed by atoms with Crippen molar-refractivity contribution in [3.8, 4) is 5.75 Å². The number of aromatic nitrogens is 3. The molecular weight excluding hydrogens is 350 g/mol. The molecule has 7 heteroatoms. The number of benzene rings is 1. The number of aliphatic hydroxyl groups is 2. The Labute approximate surface area is 136 Å². The van der Waals surface area contributed by atoms with Gasteiger partial charge in [0, 0.05) is 10.0 Å². The van der Waals surface area contributed by atoms with Crippen LogP contribution in [-0.4, -0.2) is 31.1 Å². The van der Waals surface area contributed by atoms with Crippen LogP contribution in [0.4, 0.5) is 0 Å². The van der Waals surface area contributed by atoms with Crippen LogP contribution in [0.25, 0.3) is 0 Å². The van der Waals surface area contributed by atoms with Crippen molar-refractivity contribution in [1.29, 1.82) is 0 Å². The third-order valence-corrected chi connectivity index (χ3v) is 4.41. The van der Waals surface area contributed by atoms with Crippen LogP contribution in [0.1, 0.15) is 32.4 Å². The highest BCUT2D eigenvalue weighted by Gasteiger charge is 2.58. The van der Waals surface area contributed by atoms with E-state index in [1.165, 1.54) is 17.3 Å². The predicted octanol–water partition coefficient (Wildman–Crippen LogP) is 2.23.